The van der Waals surface area contributed by atoms with Crippen LogP contribution in [-0.2, 0) is 9.59 Å². The number of anilines is 2. The number of aromatic nitrogens is 2. The van der Waals surface area contributed by atoms with Crippen LogP contribution >= 0.6 is 11.6 Å². The molecule has 0 bridgehead atoms. The summed E-state index contributed by atoms with van der Waals surface area (Å²) in [5.41, 5.74) is 1.45. The van der Waals surface area contributed by atoms with Crippen LogP contribution in [0.3, 0.4) is 0 Å². The standard InChI is InChI=1S/C25H24ClN5O4/c1-17(32)30-16-22(35-21-10-6-5-9-19(21)30)24(33)29-13-11-28(12-14-29)20-15-27-31(25(34)23(20)26)18-7-3-2-4-8-18/h2-10,15,22H,11-14,16H2,1H3/t22-/m1/s1. The smallest absolute Gasteiger partial charge is 0.292 e. The van der Waals surface area contributed by atoms with Gasteiger partial charge in [-0.2, -0.15) is 9.78 Å². The minimum Gasteiger partial charge on any atom is -0.476 e. The van der Waals surface area contributed by atoms with Crippen LogP contribution in [0.5, 0.6) is 5.75 Å². The molecule has 2 amide bonds. The maximum Gasteiger partial charge on any atom is 0.292 e. The van der Waals surface area contributed by atoms with Gasteiger partial charge >= 0.3 is 0 Å². The molecule has 3 aromatic rings. The van der Waals surface area contributed by atoms with Crippen LogP contribution in [0.25, 0.3) is 5.69 Å². The minimum atomic E-state index is -0.777. The maximum atomic E-state index is 13.2. The topological polar surface area (TPSA) is 88.0 Å². The zero-order valence-corrected chi connectivity index (χ0v) is 19.9. The van der Waals surface area contributed by atoms with Gasteiger partial charge in [-0.15, -0.1) is 0 Å². The second-order valence-electron chi connectivity index (χ2n) is 8.41. The molecule has 180 valence electrons. The SMILES string of the molecule is CC(=O)N1C[C@H](C(=O)N2CCN(c3cnn(-c4ccccc4)c(=O)c3Cl)CC2)Oc2ccccc21. The molecule has 0 spiro atoms. The normalized spacial score (nSPS) is 17.5. The molecule has 3 heterocycles. The molecule has 0 radical (unpaired) electrons. The van der Waals surface area contributed by atoms with Crippen LogP contribution in [0.4, 0.5) is 11.4 Å². The Labute approximate surface area is 207 Å². The summed E-state index contributed by atoms with van der Waals surface area (Å²) in [5, 5.41) is 4.39. The molecular formula is C25H24ClN5O4. The third-order valence-electron chi connectivity index (χ3n) is 6.26. The van der Waals surface area contributed by atoms with E-state index in [9.17, 15) is 14.4 Å². The Morgan fingerprint density at radius 1 is 0.971 bits per heavy atom. The molecule has 1 aromatic heterocycles. The van der Waals surface area contributed by atoms with Gasteiger partial charge in [-0.05, 0) is 24.3 Å². The second-order valence-corrected chi connectivity index (χ2v) is 8.79. The number of fused-ring (bicyclic) bond motifs is 1. The number of benzene rings is 2. The quantitative estimate of drug-likeness (QED) is 0.556. The van der Waals surface area contributed by atoms with Crippen molar-refractivity contribution < 1.29 is 14.3 Å². The van der Waals surface area contributed by atoms with Gasteiger partial charge in [-0.1, -0.05) is 41.9 Å². The first-order valence-corrected chi connectivity index (χ1v) is 11.7. The highest BCUT2D eigenvalue weighted by Crippen LogP contribution is 2.33. The number of halogens is 1. The molecular weight excluding hydrogens is 470 g/mol. The summed E-state index contributed by atoms with van der Waals surface area (Å²) in [6.45, 7) is 3.48. The van der Waals surface area contributed by atoms with E-state index in [0.717, 1.165) is 0 Å². The monoisotopic (exact) mass is 493 g/mol. The van der Waals surface area contributed by atoms with Crippen molar-refractivity contribution in [2.75, 3.05) is 42.5 Å². The van der Waals surface area contributed by atoms with E-state index >= 15 is 0 Å². The number of carbonyl (C=O) groups excluding carboxylic acids is 2. The van der Waals surface area contributed by atoms with Crippen LogP contribution in [0.1, 0.15) is 6.92 Å². The highest BCUT2D eigenvalue weighted by atomic mass is 35.5. The Kier molecular flexibility index (Phi) is 6.17. The van der Waals surface area contributed by atoms with Gasteiger partial charge in [0.05, 0.1) is 29.8 Å². The lowest BCUT2D eigenvalue weighted by atomic mass is 10.1. The first-order chi connectivity index (χ1) is 16.9. The van der Waals surface area contributed by atoms with Gasteiger partial charge in [-0.25, -0.2) is 0 Å². The molecule has 0 unspecified atom stereocenters. The first kappa shape index (κ1) is 22.9. The molecule has 2 aromatic carbocycles. The van der Waals surface area contributed by atoms with E-state index in [1.807, 2.05) is 35.2 Å². The van der Waals surface area contributed by atoms with Crippen molar-refractivity contribution in [3.05, 3.63) is 76.2 Å². The molecule has 2 aliphatic rings. The zero-order valence-electron chi connectivity index (χ0n) is 19.1. The molecule has 9 nitrogen and oxygen atoms in total. The lowest BCUT2D eigenvalue weighted by molar-refractivity contribution is -0.139. The summed E-state index contributed by atoms with van der Waals surface area (Å²) in [5.74, 6) is 0.202. The summed E-state index contributed by atoms with van der Waals surface area (Å²) in [6.07, 6.45) is 0.806. The van der Waals surface area contributed by atoms with Crippen molar-refractivity contribution in [2.45, 2.75) is 13.0 Å². The van der Waals surface area contributed by atoms with E-state index in [0.29, 0.717) is 49.0 Å². The van der Waals surface area contributed by atoms with Gasteiger partial charge in [0, 0.05) is 33.1 Å². The first-order valence-electron chi connectivity index (χ1n) is 11.3. The Hall–Kier alpha value is -3.85. The fourth-order valence-electron chi connectivity index (χ4n) is 4.43. The average molecular weight is 494 g/mol. The van der Waals surface area contributed by atoms with E-state index < -0.39 is 11.7 Å². The Morgan fingerprint density at radius 3 is 2.37 bits per heavy atom. The average Bonchev–Trinajstić information content (AvgIpc) is 2.89. The summed E-state index contributed by atoms with van der Waals surface area (Å²) in [4.78, 5) is 43.5. The number of rotatable bonds is 3. The predicted octanol–water partition coefficient (Wildman–Crippen LogP) is 2.35. The van der Waals surface area contributed by atoms with Crippen molar-refractivity contribution in [1.29, 1.82) is 0 Å². The Morgan fingerprint density at radius 2 is 1.66 bits per heavy atom. The van der Waals surface area contributed by atoms with Crippen LogP contribution in [-0.4, -0.2) is 65.3 Å². The van der Waals surface area contributed by atoms with Gasteiger partial charge < -0.3 is 19.4 Å². The molecule has 0 aliphatic carbocycles. The lowest BCUT2D eigenvalue weighted by Gasteiger charge is -2.39. The fourth-order valence-corrected chi connectivity index (χ4v) is 4.68. The molecule has 5 rings (SSSR count). The fraction of sp³-hybridized carbons (Fsp3) is 0.280. The van der Waals surface area contributed by atoms with Gasteiger partial charge in [-0.3, -0.25) is 14.4 Å². The van der Waals surface area contributed by atoms with Gasteiger partial charge in [0.15, 0.2) is 6.10 Å². The van der Waals surface area contributed by atoms with Crippen LogP contribution in [0.15, 0.2) is 65.6 Å². The zero-order chi connectivity index (χ0) is 24.5. The molecule has 35 heavy (non-hydrogen) atoms. The van der Waals surface area contributed by atoms with Crippen molar-refractivity contribution in [2.24, 2.45) is 0 Å². The van der Waals surface area contributed by atoms with Gasteiger partial charge in [0.2, 0.25) is 5.91 Å². The molecule has 0 saturated carbocycles. The third kappa shape index (κ3) is 4.35. The lowest BCUT2D eigenvalue weighted by Crippen LogP contribution is -2.56. The van der Waals surface area contributed by atoms with E-state index in [1.165, 1.54) is 11.6 Å². The number of nitrogens with zero attached hydrogens (tertiary/aromatic N) is 5. The summed E-state index contributed by atoms with van der Waals surface area (Å²) in [6, 6.07) is 16.3. The van der Waals surface area contributed by atoms with Crippen LogP contribution < -0.4 is 20.1 Å². The van der Waals surface area contributed by atoms with Crippen molar-refractivity contribution >= 4 is 34.8 Å². The molecule has 10 heteroatoms. The third-order valence-corrected chi connectivity index (χ3v) is 6.62. The molecule has 0 N–H and O–H groups in total. The van der Waals surface area contributed by atoms with Crippen molar-refractivity contribution in [3.63, 3.8) is 0 Å². The number of ether oxygens (including phenoxy) is 1. The van der Waals surface area contributed by atoms with Crippen LogP contribution in [0, 0.1) is 0 Å². The summed E-state index contributed by atoms with van der Waals surface area (Å²) < 4.78 is 7.22. The number of carbonyl (C=O) groups is 2. The number of piperazine rings is 1. The number of amides is 2. The van der Waals surface area contributed by atoms with Crippen LogP contribution in [0.2, 0.25) is 5.02 Å². The van der Waals surface area contributed by atoms with E-state index in [4.69, 9.17) is 16.3 Å². The Bertz CT molecular complexity index is 1320. The molecule has 1 saturated heterocycles. The largest absolute Gasteiger partial charge is 0.476 e. The number of para-hydroxylation sites is 3. The highest BCUT2D eigenvalue weighted by molar-refractivity contribution is 6.33. The second kappa shape index (κ2) is 9.42. The Balaban J connectivity index is 1.28. The van der Waals surface area contributed by atoms with E-state index in [-0.39, 0.29) is 23.4 Å². The summed E-state index contributed by atoms with van der Waals surface area (Å²) in [7, 11) is 0. The maximum absolute atomic E-state index is 13.2. The van der Waals surface area contributed by atoms with Crippen molar-refractivity contribution in [1.82, 2.24) is 14.7 Å². The predicted molar refractivity (Wildman–Crippen MR) is 133 cm³/mol. The van der Waals surface area contributed by atoms with E-state index in [1.54, 1.807) is 40.3 Å². The van der Waals surface area contributed by atoms with Gasteiger partial charge in [0.25, 0.3) is 11.5 Å². The molecule has 2 aliphatic heterocycles. The molecule has 1 atom stereocenters. The van der Waals surface area contributed by atoms with E-state index in [2.05, 4.69) is 5.10 Å². The molecule has 1 fully saturated rings. The summed E-state index contributed by atoms with van der Waals surface area (Å²) >= 11 is 6.44. The minimum absolute atomic E-state index is 0.0907. The number of hydrogen-bond donors (Lipinski definition) is 0. The number of hydrogen-bond acceptors (Lipinski definition) is 6. The van der Waals surface area contributed by atoms with Gasteiger partial charge in [0.1, 0.15) is 10.8 Å². The van der Waals surface area contributed by atoms with Crippen molar-refractivity contribution in [3.8, 4) is 11.4 Å². The highest BCUT2D eigenvalue weighted by Gasteiger charge is 2.36.